The van der Waals surface area contributed by atoms with Crippen LogP contribution in [0, 0.1) is 0 Å². The number of carboxylic acid groups (broad SMARTS) is 4. The minimum absolute atomic E-state index is 0.224. The normalized spacial score (nSPS) is 14.7. The molecule has 4 aromatic heterocycles. The number of aliphatic carboxylic acids is 4. The summed E-state index contributed by atoms with van der Waals surface area (Å²) < 4.78 is 135. The highest BCUT2D eigenvalue weighted by atomic mass is 19.4. The Morgan fingerprint density at radius 2 is 1.19 bits per heavy atom. The van der Waals surface area contributed by atoms with Crippen molar-refractivity contribution in [3.8, 4) is 17.1 Å². The first-order chi connectivity index (χ1) is 27.0. The van der Waals surface area contributed by atoms with Crippen LogP contribution in [0.4, 0.5) is 52.7 Å². The Morgan fingerprint density at radius 3 is 1.63 bits per heavy atom. The fourth-order valence-corrected chi connectivity index (χ4v) is 4.31. The lowest BCUT2D eigenvalue weighted by molar-refractivity contribution is -0.193. The number of aromatic nitrogens is 4. The number of rotatable bonds is 5. The zero-order valence-electron chi connectivity index (χ0n) is 29.8. The molecule has 1 unspecified atom stereocenters. The van der Waals surface area contributed by atoms with Gasteiger partial charge in [0.1, 0.15) is 5.65 Å². The van der Waals surface area contributed by atoms with Crippen LogP contribution in [0.5, 0.6) is 5.88 Å². The second-order valence-corrected chi connectivity index (χ2v) is 11.2. The number of piperazine rings is 1. The Bertz CT molecular complexity index is 1890. The SMILES string of the molecule is COc1ncccc1CN1CCN(C)C(c2cn3c(-c4ccncc4)cccc3n2)C1.O=C(O)C(F)(F)F.O=C(O)C(F)(F)F.O=C(O)C(F)(F)F.O=C(O)C(F)(F)F. The second-order valence-electron chi connectivity index (χ2n) is 11.2. The lowest BCUT2D eigenvalue weighted by atomic mass is 10.1. The van der Waals surface area contributed by atoms with Crippen LogP contribution in [-0.4, -0.2) is 132 Å². The zero-order chi connectivity index (χ0) is 45.5. The number of pyridine rings is 3. The highest BCUT2D eigenvalue weighted by Gasteiger charge is 2.40. The zero-order valence-corrected chi connectivity index (χ0v) is 29.8. The molecule has 0 aliphatic carbocycles. The molecule has 0 spiro atoms. The average Bonchev–Trinajstić information content (AvgIpc) is 3.57. The van der Waals surface area contributed by atoms with Gasteiger partial charge in [-0.2, -0.15) is 52.7 Å². The van der Waals surface area contributed by atoms with E-state index >= 15 is 0 Å². The molecule has 0 aromatic carbocycles. The number of ether oxygens (including phenoxy) is 1. The molecule has 326 valence electrons. The number of carboxylic acids is 4. The Labute approximate surface area is 322 Å². The number of nitrogens with zero attached hydrogens (tertiary/aromatic N) is 6. The Balaban J connectivity index is 0.000000505. The predicted molar refractivity (Wildman–Crippen MR) is 175 cm³/mol. The molecule has 0 saturated carbocycles. The van der Waals surface area contributed by atoms with Crippen molar-refractivity contribution in [2.75, 3.05) is 33.8 Å². The van der Waals surface area contributed by atoms with Gasteiger partial charge in [-0.25, -0.2) is 29.1 Å². The molecule has 15 nitrogen and oxygen atoms in total. The van der Waals surface area contributed by atoms with Gasteiger partial charge in [0.2, 0.25) is 5.88 Å². The molecule has 4 aromatic rings. The maximum absolute atomic E-state index is 10.6. The number of alkyl halides is 12. The van der Waals surface area contributed by atoms with E-state index in [1.807, 2.05) is 30.6 Å². The van der Waals surface area contributed by atoms with E-state index in [2.05, 4.69) is 61.7 Å². The first-order valence-electron chi connectivity index (χ1n) is 15.5. The molecule has 1 atom stereocenters. The van der Waals surface area contributed by atoms with Crippen LogP contribution in [0.15, 0.2) is 67.3 Å². The molecule has 0 amide bonds. The quantitative estimate of drug-likeness (QED) is 0.174. The molecule has 1 saturated heterocycles. The second kappa shape index (κ2) is 21.5. The summed E-state index contributed by atoms with van der Waals surface area (Å²) in [6.07, 6.45) is -12.7. The molecule has 1 aliphatic rings. The van der Waals surface area contributed by atoms with Gasteiger partial charge in [-0.15, -0.1) is 0 Å². The summed E-state index contributed by atoms with van der Waals surface area (Å²) >= 11 is 0. The van der Waals surface area contributed by atoms with Crippen LogP contribution in [0.2, 0.25) is 0 Å². The van der Waals surface area contributed by atoms with Crippen LogP contribution >= 0.6 is 0 Å². The molecule has 1 fully saturated rings. The molecule has 5 heterocycles. The van der Waals surface area contributed by atoms with Crippen LogP contribution < -0.4 is 4.74 Å². The summed E-state index contributed by atoms with van der Waals surface area (Å²) in [5.74, 6) is -10.3. The van der Waals surface area contributed by atoms with Crippen molar-refractivity contribution in [2.24, 2.45) is 0 Å². The van der Waals surface area contributed by atoms with E-state index in [0.29, 0.717) is 5.88 Å². The van der Waals surface area contributed by atoms with E-state index in [-0.39, 0.29) is 6.04 Å². The number of fused-ring (bicyclic) bond motifs is 1. The highest BCUT2D eigenvalue weighted by Crippen LogP contribution is 2.28. The van der Waals surface area contributed by atoms with Gasteiger partial charge in [0.05, 0.1) is 24.5 Å². The van der Waals surface area contributed by atoms with Crippen molar-refractivity contribution in [1.29, 1.82) is 0 Å². The lowest BCUT2D eigenvalue weighted by Gasteiger charge is -2.38. The maximum atomic E-state index is 10.6. The Hall–Kier alpha value is -6.25. The number of halogens is 12. The van der Waals surface area contributed by atoms with Crippen molar-refractivity contribution < 1.29 is 97.0 Å². The number of hydrogen-bond donors (Lipinski definition) is 4. The van der Waals surface area contributed by atoms with E-state index in [0.717, 1.165) is 54.3 Å². The van der Waals surface area contributed by atoms with Crippen LogP contribution in [0.3, 0.4) is 0 Å². The Kier molecular flexibility index (Phi) is 18.5. The molecule has 27 heteroatoms. The fourth-order valence-electron chi connectivity index (χ4n) is 4.31. The molecular weight excluding hydrogens is 840 g/mol. The van der Waals surface area contributed by atoms with E-state index in [4.69, 9.17) is 49.3 Å². The molecule has 0 bridgehead atoms. The molecule has 1 aliphatic heterocycles. The molecule has 0 radical (unpaired) electrons. The number of imidazole rings is 1. The molecule has 4 N–H and O–H groups in total. The van der Waals surface area contributed by atoms with Crippen molar-refractivity contribution in [1.82, 2.24) is 29.2 Å². The van der Waals surface area contributed by atoms with Crippen molar-refractivity contribution in [3.63, 3.8) is 0 Å². The average molecular weight is 871 g/mol. The molecule has 59 heavy (non-hydrogen) atoms. The monoisotopic (exact) mass is 870 g/mol. The summed E-state index contributed by atoms with van der Waals surface area (Å²) in [6, 6.07) is 14.6. The van der Waals surface area contributed by atoms with E-state index in [1.54, 1.807) is 13.3 Å². The standard InChI is InChI=1S/C24H26N6O.4C2HF3O2/c1-28-13-14-29(15-19-5-4-10-26-24(19)31-2)17-22(28)20-16-30-21(6-3-7-23(30)27-20)18-8-11-25-12-9-18;4*3-2(4,5)1(6)7/h3-12,16,22H,13-15,17H2,1-2H3;4*(H,6,7). The number of hydrogen-bond acceptors (Lipinski definition) is 10. The van der Waals surface area contributed by atoms with Gasteiger partial charge in [0, 0.05) is 62.1 Å². The van der Waals surface area contributed by atoms with E-state index < -0.39 is 48.6 Å². The van der Waals surface area contributed by atoms with Crippen LogP contribution in [0.25, 0.3) is 16.9 Å². The van der Waals surface area contributed by atoms with E-state index in [1.165, 1.54) is 0 Å². The summed E-state index contributed by atoms with van der Waals surface area (Å²) in [4.78, 5) is 53.9. The van der Waals surface area contributed by atoms with Gasteiger partial charge in [-0.3, -0.25) is 19.2 Å². The van der Waals surface area contributed by atoms with Gasteiger partial charge >= 0.3 is 48.6 Å². The smallest absolute Gasteiger partial charge is 0.481 e. The maximum Gasteiger partial charge on any atom is 0.490 e. The Morgan fingerprint density at radius 1 is 0.712 bits per heavy atom. The number of likely N-dealkylation sites (N-methyl/N-ethyl adjacent to an activating group) is 1. The van der Waals surface area contributed by atoms with E-state index in [9.17, 15) is 52.7 Å². The third-order valence-corrected chi connectivity index (χ3v) is 6.97. The minimum Gasteiger partial charge on any atom is -0.481 e. The first-order valence-corrected chi connectivity index (χ1v) is 15.5. The number of carbonyl (C=O) groups is 4. The summed E-state index contributed by atoms with van der Waals surface area (Å²) in [7, 11) is 3.86. The van der Waals surface area contributed by atoms with Gasteiger partial charge in [0.25, 0.3) is 0 Å². The topological polar surface area (TPSA) is 208 Å². The minimum atomic E-state index is -5.08. The summed E-state index contributed by atoms with van der Waals surface area (Å²) in [6.45, 7) is 3.71. The van der Waals surface area contributed by atoms with Crippen LogP contribution in [-0.2, 0) is 25.7 Å². The fraction of sp³-hybridized carbons (Fsp3) is 0.344. The number of methoxy groups -OCH3 is 1. The largest absolute Gasteiger partial charge is 0.490 e. The van der Waals surface area contributed by atoms with Crippen molar-refractivity contribution in [3.05, 3.63) is 78.5 Å². The predicted octanol–water partition coefficient (Wildman–Crippen LogP) is 5.82. The summed E-state index contributed by atoms with van der Waals surface area (Å²) in [5, 5.41) is 28.5. The summed E-state index contributed by atoms with van der Waals surface area (Å²) in [5.41, 5.74) is 5.42. The van der Waals surface area contributed by atoms with Gasteiger partial charge in [0.15, 0.2) is 0 Å². The third kappa shape index (κ3) is 17.4. The van der Waals surface area contributed by atoms with Crippen molar-refractivity contribution in [2.45, 2.75) is 37.3 Å². The highest BCUT2D eigenvalue weighted by molar-refractivity contribution is 5.74. The first kappa shape index (κ1) is 50.8. The molecule has 5 rings (SSSR count). The van der Waals surface area contributed by atoms with Crippen LogP contribution in [0.1, 0.15) is 17.3 Å². The lowest BCUT2D eigenvalue weighted by Crippen LogP contribution is -2.46. The molecular formula is C32H30F12N6O9. The van der Waals surface area contributed by atoms with Crippen molar-refractivity contribution >= 4 is 29.5 Å². The van der Waals surface area contributed by atoms with Gasteiger partial charge in [-0.1, -0.05) is 12.1 Å². The van der Waals surface area contributed by atoms with Gasteiger partial charge in [-0.05, 0) is 37.4 Å². The third-order valence-electron chi connectivity index (χ3n) is 6.97. The van der Waals surface area contributed by atoms with Gasteiger partial charge < -0.3 is 25.2 Å².